The Morgan fingerprint density at radius 3 is 1.02 bits per heavy atom. The van der Waals surface area contributed by atoms with Gasteiger partial charge < -0.3 is 40.9 Å². The molecule has 12 aliphatic rings. The average Bonchev–Trinajstić information content (AvgIpc) is 1.60. The van der Waals surface area contributed by atoms with Crippen LogP contribution in [0, 0.1) is 41.4 Å². The quantitative estimate of drug-likeness (QED) is 0.0459. The zero-order valence-electron chi connectivity index (χ0n) is 74.1. The molecule has 4 aliphatic carbocycles. The highest BCUT2D eigenvalue weighted by molar-refractivity contribution is 5.80. The third kappa shape index (κ3) is 15.2. The van der Waals surface area contributed by atoms with Gasteiger partial charge in [0.15, 0.2) is 34.4 Å². The molecule has 1 saturated carbocycles. The molecule has 0 radical (unpaired) electrons. The van der Waals surface area contributed by atoms with Gasteiger partial charge in [-0.3, -0.25) is 29.1 Å². The summed E-state index contributed by atoms with van der Waals surface area (Å²) >= 11 is 0. The van der Waals surface area contributed by atoms with Gasteiger partial charge in [-0.1, -0.05) is 57.2 Å². The van der Waals surface area contributed by atoms with Gasteiger partial charge in [-0.05, 0) is 232 Å². The number of likely N-dealkylation sites (tertiary alicyclic amines) is 4. The van der Waals surface area contributed by atoms with Crippen LogP contribution in [0.4, 0.5) is 52.0 Å². The van der Waals surface area contributed by atoms with Crippen LogP contribution < -0.4 is 52.6 Å². The van der Waals surface area contributed by atoms with Gasteiger partial charge in [0.1, 0.15) is 16.2 Å². The molecule has 8 aliphatic heterocycles. The molecule has 3 aromatic carbocycles. The molecular weight excluding hydrogens is 1600 g/mol. The zero-order chi connectivity index (χ0) is 86.9. The van der Waals surface area contributed by atoms with Crippen molar-refractivity contribution in [3.8, 4) is 17.5 Å². The van der Waals surface area contributed by atoms with E-state index in [1.807, 2.05) is 32.2 Å². The standard InChI is InChI=1S/C34H40N8O.C33H39N9O.C32H37N9O/c1-4-15-41-33(43)29-16-35-34(38-32(29)42(41)30-14-9-24-6-5-21(2)31(24)37-30)36-27-10-12-28(13-11-27)40-19-25-17-39(18-26(25)20-40)22(3)23-7-8-23;1-4-13-41-32(43)28-14-34-33(37-31(28)42(41)29-12-7-22-6-5-21(2)30(22)36-29)35-25-8-10-26(11-9-25)39-15-23-17-40(18-24(23)16-39)27-19-38(3)20-27;1-3-12-40-31(42)27-15-34-32(37-30(27)41(40)28-11-6-21-5-4-20(2)29(21)36-28)35-24-7-9-25(10-8-24)38-16-22-18-39(19-23(22)17-38)26-13-33-14-26/h4,9-14,16,21-23,25-26H,1,5-8,15,17-20H2,2-3H3,(H,35,36,38);4,7-12,14,21,23-24,27H,1,5-6,13,15-20H2,2-3H3,(H,34,35,37);3,6-11,15,20,22-23,26,33H,1,4-5,12-14,16-19H2,2H3,(H,34,35,37)/t21?,22?,25-,26+;21?,23-,24+;20?,22-,23+. The first kappa shape index (κ1) is 81.7. The van der Waals surface area contributed by atoms with Gasteiger partial charge in [0, 0.05) is 193 Å². The molecule has 128 heavy (non-hydrogen) atoms. The second-order valence-electron chi connectivity index (χ2n) is 38.6. The molecule has 0 amide bonds. The van der Waals surface area contributed by atoms with Crippen LogP contribution in [0.5, 0.6) is 0 Å². The number of anilines is 9. The van der Waals surface area contributed by atoms with E-state index in [0.29, 0.717) is 106 Å². The minimum Gasteiger partial charge on any atom is -0.371 e. The monoisotopic (exact) mass is 1720 g/mol. The lowest BCUT2D eigenvalue weighted by Crippen LogP contribution is -2.57. The van der Waals surface area contributed by atoms with Gasteiger partial charge in [-0.2, -0.15) is 15.0 Å². The largest absolute Gasteiger partial charge is 0.371 e. The first-order valence-electron chi connectivity index (χ1n) is 46.7. The fraction of sp³-hybridized carbons (Fsp3) is 0.455. The predicted molar refractivity (Wildman–Crippen MR) is 505 cm³/mol. The number of nitrogens with zero attached hydrogens (tertiary/aromatic N) is 22. The number of allylic oxidation sites excluding steroid dienone is 3. The van der Waals surface area contributed by atoms with Crippen molar-refractivity contribution in [1.82, 2.24) is 97.9 Å². The SMILES string of the molecule is C=CCn1c(=O)c2cnc(Nc3ccc(N4C[C@@H]5CN(C(C)C6CC6)C[C@@H]5C4)cc3)nc2n1-c1ccc2c(n1)C(C)CC2.C=CCn1c(=O)c2cnc(Nc3ccc(N4C[C@@H]5CN(C6CN(C)C6)C[C@@H]5C4)cc3)nc2n1-c1ccc2c(n1)C(C)CC2.C=CCn1c(=O)c2cnc(Nc3ccc(N4C[C@@H]5CN(C6CNC6)C[C@@H]5C4)cc3)nc2n1-c1ccc2c(n1)C(C)CC2. The van der Waals surface area contributed by atoms with Crippen molar-refractivity contribution in [2.75, 3.05) is 142 Å². The fourth-order valence-corrected chi connectivity index (χ4v) is 22.7. The average molecular weight is 1720 g/mol. The number of nitrogens with one attached hydrogen (secondary N) is 4. The Kier molecular flexibility index (Phi) is 21.4. The Balaban J connectivity index is 0.000000113. The van der Waals surface area contributed by atoms with Gasteiger partial charge in [-0.25, -0.2) is 58.0 Å². The summed E-state index contributed by atoms with van der Waals surface area (Å²) in [7, 11) is 2.21. The predicted octanol–water partition coefficient (Wildman–Crippen LogP) is 12.1. The van der Waals surface area contributed by atoms with Gasteiger partial charge >= 0.3 is 0 Å². The van der Waals surface area contributed by atoms with E-state index in [4.69, 9.17) is 29.9 Å². The van der Waals surface area contributed by atoms with E-state index < -0.39 is 0 Å². The summed E-state index contributed by atoms with van der Waals surface area (Å²) in [5.74, 6) is 10.1. The van der Waals surface area contributed by atoms with Crippen molar-refractivity contribution in [3.63, 3.8) is 0 Å². The number of hydrogen-bond donors (Lipinski definition) is 4. The second kappa shape index (κ2) is 33.6. The summed E-state index contributed by atoms with van der Waals surface area (Å²) < 4.78 is 10.3. The van der Waals surface area contributed by atoms with Gasteiger partial charge in [0.05, 0.1) is 19.6 Å². The molecule has 4 N–H and O–H groups in total. The Labute approximate surface area is 745 Å². The van der Waals surface area contributed by atoms with Crippen molar-refractivity contribution < 1.29 is 0 Å². The topological polar surface area (TPSA) is 268 Å². The fourth-order valence-electron chi connectivity index (χ4n) is 22.7. The van der Waals surface area contributed by atoms with Crippen molar-refractivity contribution in [1.29, 1.82) is 0 Å². The number of likely N-dealkylation sites (N-methyl/N-ethyl adjacent to an activating group) is 1. The van der Waals surface area contributed by atoms with E-state index in [0.717, 1.165) is 185 Å². The third-order valence-electron chi connectivity index (χ3n) is 30.2. The van der Waals surface area contributed by atoms with Gasteiger partial charge in [0.25, 0.3) is 16.7 Å². The summed E-state index contributed by atoms with van der Waals surface area (Å²) in [6.07, 6.45) is 19.3. The van der Waals surface area contributed by atoms with Crippen LogP contribution in [0.25, 0.3) is 50.6 Å². The number of hydrogen-bond acceptors (Lipinski definition) is 23. The number of aryl methyl sites for hydroxylation is 3. The molecule has 24 rings (SSSR count). The molecule has 8 saturated heterocycles. The molecule has 10 atom stereocenters. The first-order chi connectivity index (χ1) is 62.5. The Hall–Kier alpha value is -12.0. The molecule has 4 unspecified atom stereocenters. The van der Waals surface area contributed by atoms with E-state index in [-0.39, 0.29) is 16.7 Å². The Morgan fingerprint density at radius 1 is 0.398 bits per heavy atom. The Morgan fingerprint density at radius 2 is 0.719 bits per heavy atom. The van der Waals surface area contributed by atoms with Gasteiger partial charge in [-0.15, -0.1) is 19.7 Å². The third-order valence-corrected chi connectivity index (χ3v) is 30.2. The molecule has 29 heteroatoms. The van der Waals surface area contributed by atoms with Crippen molar-refractivity contribution in [2.24, 2.45) is 41.4 Å². The highest BCUT2D eigenvalue weighted by atomic mass is 16.1. The molecule has 9 fully saturated rings. The molecule has 17 heterocycles. The molecule has 29 nitrogen and oxygen atoms in total. The molecular formula is C99H116N26O3. The van der Waals surface area contributed by atoms with E-state index in [1.165, 1.54) is 99.0 Å². The maximum atomic E-state index is 13.4. The number of pyridine rings is 3. The number of rotatable bonds is 22. The van der Waals surface area contributed by atoms with Crippen LogP contribution in [0.3, 0.4) is 0 Å². The van der Waals surface area contributed by atoms with Gasteiger partial charge in [0.2, 0.25) is 17.8 Å². The highest BCUT2D eigenvalue weighted by Crippen LogP contribution is 2.44. The maximum Gasteiger partial charge on any atom is 0.278 e. The maximum absolute atomic E-state index is 13.4. The van der Waals surface area contributed by atoms with E-state index >= 15 is 0 Å². The summed E-state index contributed by atoms with van der Waals surface area (Å²) in [5.41, 5.74) is 14.8. The minimum atomic E-state index is -0.154. The first-order valence-corrected chi connectivity index (χ1v) is 46.7. The molecule has 0 spiro atoms. The summed E-state index contributed by atoms with van der Waals surface area (Å²) in [5, 5.41) is 14.9. The van der Waals surface area contributed by atoms with E-state index in [9.17, 15) is 14.4 Å². The van der Waals surface area contributed by atoms with Crippen LogP contribution in [-0.4, -0.2) is 222 Å². The lowest BCUT2D eigenvalue weighted by Gasteiger charge is -2.42. The van der Waals surface area contributed by atoms with Crippen LogP contribution in [0.15, 0.2) is 180 Å². The van der Waals surface area contributed by atoms with Crippen LogP contribution in [0.2, 0.25) is 0 Å². The normalized spacial score (nSPS) is 23.9. The minimum absolute atomic E-state index is 0.151. The zero-order valence-corrected chi connectivity index (χ0v) is 74.1. The van der Waals surface area contributed by atoms with Crippen molar-refractivity contribution in [2.45, 2.75) is 135 Å². The number of benzene rings is 3. The lowest BCUT2D eigenvalue weighted by molar-refractivity contribution is 0.0646. The van der Waals surface area contributed by atoms with E-state index in [2.05, 4.69) is 216 Å². The molecule has 12 aromatic rings. The summed E-state index contributed by atoms with van der Waals surface area (Å²) in [6, 6.07) is 40.3. The number of aromatic nitrogens is 15. The summed E-state index contributed by atoms with van der Waals surface area (Å²) in [4.78, 5) is 101. The molecule has 660 valence electrons. The van der Waals surface area contributed by atoms with Crippen LogP contribution in [-0.2, 0) is 38.9 Å². The second-order valence-corrected chi connectivity index (χ2v) is 38.6. The van der Waals surface area contributed by atoms with Crippen LogP contribution >= 0.6 is 0 Å². The molecule has 9 aromatic heterocycles. The smallest absolute Gasteiger partial charge is 0.278 e. The lowest BCUT2D eigenvalue weighted by atomic mass is 10.0. The van der Waals surface area contributed by atoms with Crippen molar-refractivity contribution >= 4 is 85.1 Å². The van der Waals surface area contributed by atoms with E-state index in [1.54, 1.807) is 50.9 Å². The van der Waals surface area contributed by atoms with Crippen LogP contribution in [0.1, 0.15) is 111 Å². The molecule has 0 bridgehead atoms. The highest BCUT2D eigenvalue weighted by Gasteiger charge is 2.47. The van der Waals surface area contributed by atoms with Crippen molar-refractivity contribution in [3.05, 3.63) is 231 Å². The number of fused-ring (bicyclic) bond motifs is 9. The summed E-state index contributed by atoms with van der Waals surface area (Å²) in [6.45, 7) is 40.7. The Bertz CT molecular complexity index is 6410.